The second-order valence-corrected chi connectivity index (χ2v) is 5.59. The summed E-state index contributed by atoms with van der Waals surface area (Å²) in [6.45, 7) is 0.0340. The Hall–Kier alpha value is -1.26. The minimum absolute atomic E-state index is 0.0340. The zero-order valence-corrected chi connectivity index (χ0v) is 12.5. The van der Waals surface area contributed by atoms with Crippen molar-refractivity contribution in [3.63, 3.8) is 0 Å². The minimum atomic E-state index is -0.0714. The lowest BCUT2D eigenvalue weighted by Crippen LogP contribution is -2.42. The van der Waals surface area contributed by atoms with Crippen molar-refractivity contribution in [2.75, 3.05) is 13.7 Å². The number of benzene rings is 1. The molecule has 1 fully saturated rings. The first kappa shape index (κ1) is 15.1. The molecule has 0 aromatic heterocycles. The van der Waals surface area contributed by atoms with Crippen molar-refractivity contribution in [1.82, 2.24) is 10.6 Å². The standard InChI is InChI=1S/C15H21ClN2O2/c1-17-12-5-7-13(8-6-12)18-15(19)10-20-14-4-2-3-11(16)9-14/h2-4,9,12-13,17H,5-8,10H2,1H3,(H,18,19). The molecular formula is C15H21ClN2O2. The number of carbonyl (C=O) groups is 1. The van der Waals surface area contributed by atoms with E-state index in [2.05, 4.69) is 10.6 Å². The van der Waals surface area contributed by atoms with E-state index in [1.165, 1.54) is 0 Å². The third-order valence-electron chi connectivity index (χ3n) is 3.67. The van der Waals surface area contributed by atoms with Gasteiger partial charge in [0.25, 0.3) is 5.91 Å². The van der Waals surface area contributed by atoms with Gasteiger partial charge in [-0.1, -0.05) is 17.7 Å². The maximum absolute atomic E-state index is 11.8. The first-order chi connectivity index (χ1) is 9.67. The highest BCUT2D eigenvalue weighted by atomic mass is 35.5. The summed E-state index contributed by atoms with van der Waals surface area (Å²) in [5, 5.41) is 6.91. The normalized spacial score (nSPS) is 22.3. The van der Waals surface area contributed by atoms with Gasteiger partial charge < -0.3 is 15.4 Å². The van der Waals surface area contributed by atoms with Crippen molar-refractivity contribution in [2.45, 2.75) is 37.8 Å². The predicted molar refractivity (Wildman–Crippen MR) is 80.2 cm³/mol. The van der Waals surface area contributed by atoms with Gasteiger partial charge >= 0.3 is 0 Å². The van der Waals surface area contributed by atoms with E-state index < -0.39 is 0 Å². The van der Waals surface area contributed by atoms with E-state index in [0.717, 1.165) is 25.7 Å². The molecule has 0 unspecified atom stereocenters. The summed E-state index contributed by atoms with van der Waals surface area (Å²) in [6, 6.07) is 7.92. The van der Waals surface area contributed by atoms with Crippen molar-refractivity contribution in [2.24, 2.45) is 0 Å². The Morgan fingerprint density at radius 1 is 1.30 bits per heavy atom. The largest absolute Gasteiger partial charge is 0.484 e. The number of halogens is 1. The average molecular weight is 297 g/mol. The molecule has 1 aromatic rings. The molecule has 110 valence electrons. The van der Waals surface area contributed by atoms with Gasteiger partial charge in [-0.15, -0.1) is 0 Å². The number of rotatable bonds is 5. The van der Waals surface area contributed by atoms with Gasteiger partial charge in [0.2, 0.25) is 0 Å². The summed E-state index contributed by atoms with van der Waals surface area (Å²) in [7, 11) is 1.99. The van der Waals surface area contributed by atoms with E-state index in [-0.39, 0.29) is 18.6 Å². The quantitative estimate of drug-likeness (QED) is 0.877. The second-order valence-electron chi connectivity index (χ2n) is 5.15. The first-order valence-corrected chi connectivity index (χ1v) is 7.40. The molecule has 1 amide bonds. The molecule has 1 aromatic carbocycles. The lowest BCUT2D eigenvalue weighted by atomic mass is 9.91. The molecular weight excluding hydrogens is 276 g/mol. The fraction of sp³-hybridized carbons (Fsp3) is 0.533. The van der Waals surface area contributed by atoms with Crippen LogP contribution in [0.3, 0.4) is 0 Å². The van der Waals surface area contributed by atoms with E-state index in [9.17, 15) is 4.79 Å². The highest BCUT2D eigenvalue weighted by Crippen LogP contribution is 2.19. The fourth-order valence-electron chi connectivity index (χ4n) is 2.50. The molecule has 2 N–H and O–H groups in total. The van der Waals surface area contributed by atoms with Crippen LogP contribution in [-0.4, -0.2) is 31.6 Å². The lowest BCUT2D eigenvalue weighted by Gasteiger charge is -2.28. The van der Waals surface area contributed by atoms with Crippen LogP contribution < -0.4 is 15.4 Å². The van der Waals surface area contributed by atoms with Crippen molar-refractivity contribution < 1.29 is 9.53 Å². The molecule has 0 heterocycles. The zero-order chi connectivity index (χ0) is 14.4. The first-order valence-electron chi connectivity index (χ1n) is 7.02. The Morgan fingerprint density at radius 2 is 2.00 bits per heavy atom. The average Bonchev–Trinajstić information content (AvgIpc) is 2.46. The topological polar surface area (TPSA) is 50.4 Å². The molecule has 2 rings (SSSR count). The molecule has 1 aliphatic rings. The van der Waals surface area contributed by atoms with E-state index in [0.29, 0.717) is 16.8 Å². The smallest absolute Gasteiger partial charge is 0.258 e. The number of ether oxygens (including phenoxy) is 1. The molecule has 0 spiro atoms. The summed E-state index contributed by atoms with van der Waals surface area (Å²) in [6.07, 6.45) is 4.26. The third-order valence-corrected chi connectivity index (χ3v) is 3.90. The second kappa shape index (κ2) is 7.50. The van der Waals surface area contributed by atoms with Crippen LogP contribution in [0.5, 0.6) is 5.75 Å². The molecule has 0 aliphatic heterocycles. The third kappa shape index (κ3) is 4.69. The molecule has 0 saturated heterocycles. The Kier molecular flexibility index (Phi) is 5.68. The van der Waals surface area contributed by atoms with E-state index in [1.54, 1.807) is 24.3 Å². The van der Waals surface area contributed by atoms with Gasteiger partial charge in [-0.3, -0.25) is 4.79 Å². The van der Waals surface area contributed by atoms with Gasteiger partial charge in [-0.2, -0.15) is 0 Å². The molecule has 0 atom stereocenters. The van der Waals surface area contributed by atoms with Crippen molar-refractivity contribution in [3.8, 4) is 5.75 Å². The van der Waals surface area contributed by atoms with Gasteiger partial charge in [0.05, 0.1) is 0 Å². The SMILES string of the molecule is CNC1CCC(NC(=O)COc2cccc(Cl)c2)CC1. The van der Waals surface area contributed by atoms with E-state index >= 15 is 0 Å². The van der Waals surface area contributed by atoms with Crippen LogP contribution in [0, 0.1) is 0 Å². The summed E-state index contributed by atoms with van der Waals surface area (Å²) in [4.78, 5) is 11.8. The van der Waals surface area contributed by atoms with Crippen LogP contribution in [0.2, 0.25) is 5.02 Å². The molecule has 1 saturated carbocycles. The van der Waals surface area contributed by atoms with Crippen molar-refractivity contribution in [3.05, 3.63) is 29.3 Å². The highest BCUT2D eigenvalue weighted by Gasteiger charge is 2.21. The van der Waals surface area contributed by atoms with Crippen LogP contribution in [0.15, 0.2) is 24.3 Å². The molecule has 4 nitrogen and oxygen atoms in total. The van der Waals surface area contributed by atoms with Crippen LogP contribution >= 0.6 is 11.6 Å². The number of carbonyl (C=O) groups excluding carboxylic acids is 1. The van der Waals surface area contributed by atoms with E-state index in [4.69, 9.17) is 16.3 Å². The fourth-order valence-corrected chi connectivity index (χ4v) is 2.68. The maximum Gasteiger partial charge on any atom is 0.258 e. The summed E-state index contributed by atoms with van der Waals surface area (Å²) in [5.41, 5.74) is 0. The predicted octanol–water partition coefficient (Wildman–Crippen LogP) is 2.37. The number of nitrogens with one attached hydrogen (secondary N) is 2. The van der Waals surface area contributed by atoms with Gasteiger partial charge in [-0.05, 0) is 50.9 Å². The van der Waals surface area contributed by atoms with Crippen LogP contribution in [0.25, 0.3) is 0 Å². The zero-order valence-electron chi connectivity index (χ0n) is 11.7. The van der Waals surface area contributed by atoms with Gasteiger partial charge in [-0.25, -0.2) is 0 Å². The van der Waals surface area contributed by atoms with Gasteiger partial charge in [0, 0.05) is 17.1 Å². The minimum Gasteiger partial charge on any atom is -0.484 e. The molecule has 1 aliphatic carbocycles. The Balaban J connectivity index is 1.71. The van der Waals surface area contributed by atoms with Crippen LogP contribution in [0.4, 0.5) is 0 Å². The van der Waals surface area contributed by atoms with Gasteiger partial charge in [0.1, 0.15) is 5.75 Å². The number of hydrogen-bond donors (Lipinski definition) is 2. The highest BCUT2D eigenvalue weighted by molar-refractivity contribution is 6.30. The molecule has 0 radical (unpaired) electrons. The Morgan fingerprint density at radius 3 is 2.65 bits per heavy atom. The van der Waals surface area contributed by atoms with Crippen molar-refractivity contribution in [1.29, 1.82) is 0 Å². The van der Waals surface area contributed by atoms with E-state index in [1.807, 2.05) is 7.05 Å². The Bertz CT molecular complexity index is 445. The summed E-state index contributed by atoms with van der Waals surface area (Å²) >= 11 is 5.86. The number of hydrogen-bond acceptors (Lipinski definition) is 3. The van der Waals surface area contributed by atoms with Crippen molar-refractivity contribution >= 4 is 17.5 Å². The Labute approximate surface area is 124 Å². The molecule has 0 bridgehead atoms. The monoisotopic (exact) mass is 296 g/mol. The summed E-state index contributed by atoms with van der Waals surface area (Å²) in [5.74, 6) is 0.546. The number of amides is 1. The molecule has 20 heavy (non-hydrogen) atoms. The summed E-state index contributed by atoms with van der Waals surface area (Å²) < 4.78 is 5.42. The lowest BCUT2D eigenvalue weighted by molar-refractivity contribution is -0.124. The van der Waals surface area contributed by atoms with Crippen LogP contribution in [0.1, 0.15) is 25.7 Å². The van der Waals surface area contributed by atoms with Gasteiger partial charge in [0.15, 0.2) is 6.61 Å². The van der Waals surface area contributed by atoms with Crippen LogP contribution in [-0.2, 0) is 4.79 Å². The molecule has 5 heteroatoms. The maximum atomic E-state index is 11.8.